The Bertz CT molecular complexity index is 381. The molecule has 4 heteroatoms. The highest BCUT2D eigenvalue weighted by Gasteiger charge is 2.09. The Morgan fingerprint density at radius 1 is 1.50 bits per heavy atom. The normalized spacial score (nSPS) is 14.7. The Morgan fingerprint density at radius 3 is 2.81 bits per heavy atom. The minimum absolute atomic E-state index is 0.487. The molecule has 90 valence electrons. The molecule has 1 aromatic rings. The van der Waals surface area contributed by atoms with Crippen LogP contribution in [-0.4, -0.2) is 9.96 Å². The summed E-state index contributed by atoms with van der Waals surface area (Å²) in [5, 5.41) is 0.643. The van der Waals surface area contributed by atoms with Gasteiger partial charge in [0.15, 0.2) is 0 Å². The first-order valence-electron chi connectivity index (χ1n) is 5.41. The molecule has 1 aromatic carbocycles. The van der Waals surface area contributed by atoms with Gasteiger partial charge in [0.2, 0.25) is 0 Å². The van der Waals surface area contributed by atoms with Crippen LogP contribution in [0.5, 0.6) is 0 Å². The van der Waals surface area contributed by atoms with Crippen LogP contribution in [0.3, 0.4) is 0 Å². The van der Waals surface area contributed by atoms with Crippen molar-refractivity contribution in [2.75, 3.05) is 11.5 Å². The van der Waals surface area contributed by atoms with E-state index in [1.165, 1.54) is 0 Å². The highest BCUT2D eigenvalue weighted by molar-refractivity contribution is 7.84. The van der Waals surface area contributed by atoms with Crippen LogP contribution in [0.2, 0.25) is 5.02 Å². The molecule has 0 saturated carbocycles. The number of hydrogen-bond acceptors (Lipinski definition) is 2. The fourth-order valence-electron chi connectivity index (χ4n) is 1.37. The Hall–Kier alpha value is -0.540. The van der Waals surface area contributed by atoms with Crippen LogP contribution in [0.4, 0.5) is 5.69 Å². The molecule has 0 fully saturated rings. The van der Waals surface area contributed by atoms with E-state index in [1.807, 2.05) is 0 Å². The van der Waals surface area contributed by atoms with E-state index >= 15 is 0 Å². The SMILES string of the molecule is CCC(C)CS(=O)Cc1cc(Cl)ccc1N. The number of rotatable bonds is 5. The number of halogens is 1. The van der Waals surface area contributed by atoms with Crippen LogP contribution >= 0.6 is 11.6 Å². The van der Waals surface area contributed by atoms with E-state index in [4.69, 9.17) is 17.3 Å². The zero-order valence-electron chi connectivity index (χ0n) is 9.70. The van der Waals surface area contributed by atoms with Gasteiger partial charge < -0.3 is 5.73 Å². The lowest BCUT2D eigenvalue weighted by molar-refractivity contribution is 0.615. The van der Waals surface area contributed by atoms with Crippen LogP contribution in [0.15, 0.2) is 18.2 Å². The monoisotopic (exact) mass is 259 g/mol. The van der Waals surface area contributed by atoms with E-state index in [9.17, 15) is 4.21 Å². The van der Waals surface area contributed by atoms with Gasteiger partial charge >= 0.3 is 0 Å². The van der Waals surface area contributed by atoms with Crippen molar-refractivity contribution in [3.05, 3.63) is 28.8 Å². The number of anilines is 1. The summed E-state index contributed by atoms with van der Waals surface area (Å²) in [7, 11) is -0.858. The summed E-state index contributed by atoms with van der Waals surface area (Å²) in [6, 6.07) is 5.31. The van der Waals surface area contributed by atoms with Crippen molar-refractivity contribution >= 4 is 28.1 Å². The Kier molecular flexibility index (Phi) is 5.29. The van der Waals surface area contributed by atoms with Crippen molar-refractivity contribution < 1.29 is 4.21 Å². The number of nitrogen functional groups attached to an aromatic ring is 1. The summed E-state index contributed by atoms with van der Waals surface area (Å²) in [6.45, 7) is 4.22. The fraction of sp³-hybridized carbons (Fsp3) is 0.500. The van der Waals surface area contributed by atoms with Crippen LogP contribution < -0.4 is 5.73 Å². The summed E-state index contributed by atoms with van der Waals surface area (Å²) in [4.78, 5) is 0. The lowest BCUT2D eigenvalue weighted by atomic mass is 10.2. The van der Waals surface area contributed by atoms with Gasteiger partial charge in [-0.1, -0.05) is 31.9 Å². The summed E-state index contributed by atoms with van der Waals surface area (Å²) in [5.74, 6) is 1.71. The lowest BCUT2D eigenvalue weighted by Crippen LogP contribution is -2.09. The average molecular weight is 260 g/mol. The second-order valence-electron chi connectivity index (χ2n) is 4.11. The Morgan fingerprint density at radius 2 is 2.19 bits per heavy atom. The molecule has 0 spiro atoms. The van der Waals surface area contributed by atoms with Crippen molar-refractivity contribution in [1.29, 1.82) is 0 Å². The van der Waals surface area contributed by atoms with Gasteiger partial charge in [-0.25, -0.2) is 0 Å². The third kappa shape index (κ3) is 4.14. The molecule has 0 saturated heterocycles. The molecule has 2 atom stereocenters. The molecule has 16 heavy (non-hydrogen) atoms. The minimum atomic E-state index is -0.858. The third-order valence-electron chi connectivity index (χ3n) is 2.59. The second-order valence-corrected chi connectivity index (χ2v) is 6.05. The molecule has 0 amide bonds. The zero-order valence-corrected chi connectivity index (χ0v) is 11.3. The van der Waals surface area contributed by atoms with Gasteiger partial charge in [0, 0.05) is 27.3 Å². The van der Waals surface area contributed by atoms with Crippen molar-refractivity contribution in [2.24, 2.45) is 5.92 Å². The topological polar surface area (TPSA) is 43.1 Å². The molecule has 1 rings (SSSR count). The van der Waals surface area contributed by atoms with Crippen molar-refractivity contribution in [3.63, 3.8) is 0 Å². The molecule has 2 unspecified atom stereocenters. The first-order valence-corrected chi connectivity index (χ1v) is 7.28. The van der Waals surface area contributed by atoms with E-state index in [-0.39, 0.29) is 0 Å². The molecule has 0 bridgehead atoms. The quantitative estimate of drug-likeness (QED) is 0.825. The highest BCUT2D eigenvalue weighted by atomic mass is 35.5. The van der Waals surface area contributed by atoms with E-state index in [2.05, 4.69) is 13.8 Å². The molecule has 0 heterocycles. The van der Waals surface area contributed by atoms with Gasteiger partial charge in [0.25, 0.3) is 0 Å². The van der Waals surface area contributed by atoms with Crippen molar-refractivity contribution in [1.82, 2.24) is 0 Å². The summed E-state index contributed by atoms with van der Waals surface area (Å²) < 4.78 is 11.9. The molecular weight excluding hydrogens is 242 g/mol. The van der Waals surface area contributed by atoms with Gasteiger partial charge in [-0.15, -0.1) is 0 Å². The van der Waals surface area contributed by atoms with Gasteiger partial charge in [-0.05, 0) is 29.7 Å². The van der Waals surface area contributed by atoms with E-state index in [0.29, 0.717) is 22.4 Å². The molecule has 2 N–H and O–H groups in total. The first-order chi connectivity index (χ1) is 7.52. The summed E-state index contributed by atoms with van der Waals surface area (Å²) in [6.07, 6.45) is 1.05. The molecule has 0 aliphatic carbocycles. The average Bonchev–Trinajstić information content (AvgIpc) is 2.23. The lowest BCUT2D eigenvalue weighted by Gasteiger charge is -2.09. The Balaban J connectivity index is 2.65. The summed E-state index contributed by atoms with van der Waals surface area (Å²) in [5.41, 5.74) is 7.36. The molecule has 2 nitrogen and oxygen atoms in total. The van der Waals surface area contributed by atoms with E-state index in [0.717, 1.165) is 17.7 Å². The molecule has 0 aromatic heterocycles. The standard InChI is InChI=1S/C12H18ClNOS/c1-3-9(2)7-16(15)8-10-6-11(13)4-5-12(10)14/h4-6,9H,3,7-8,14H2,1-2H3. The smallest absolute Gasteiger partial charge is 0.0506 e. The molecular formula is C12H18ClNOS. The maximum Gasteiger partial charge on any atom is 0.0506 e. The van der Waals surface area contributed by atoms with Gasteiger partial charge in [-0.2, -0.15) is 0 Å². The van der Waals surface area contributed by atoms with Gasteiger partial charge in [0.05, 0.1) is 5.75 Å². The Labute approximate surface area is 105 Å². The minimum Gasteiger partial charge on any atom is -0.398 e. The largest absolute Gasteiger partial charge is 0.398 e. The summed E-state index contributed by atoms with van der Waals surface area (Å²) >= 11 is 5.88. The van der Waals surface area contributed by atoms with Gasteiger partial charge in [-0.3, -0.25) is 4.21 Å². The number of nitrogens with two attached hydrogens (primary N) is 1. The van der Waals surface area contributed by atoms with Crippen LogP contribution in [0.25, 0.3) is 0 Å². The van der Waals surface area contributed by atoms with Crippen LogP contribution in [0.1, 0.15) is 25.8 Å². The highest BCUT2D eigenvalue weighted by Crippen LogP contribution is 2.20. The predicted molar refractivity (Wildman–Crippen MR) is 72.0 cm³/mol. The number of hydrogen-bond donors (Lipinski definition) is 1. The molecule has 0 aliphatic heterocycles. The zero-order chi connectivity index (χ0) is 12.1. The van der Waals surface area contributed by atoms with Crippen LogP contribution in [-0.2, 0) is 16.6 Å². The maximum atomic E-state index is 11.9. The molecule has 0 aliphatic rings. The van der Waals surface area contributed by atoms with E-state index < -0.39 is 10.8 Å². The molecule has 0 radical (unpaired) electrons. The first kappa shape index (κ1) is 13.5. The van der Waals surface area contributed by atoms with E-state index in [1.54, 1.807) is 18.2 Å². The third-order valence-corrected chi connectivity index (χ3v) is 4.40. The fourth-order valence-corrected chi connectivity index (χ4v) is 3.15. The van der Waals surface area contributed by atoms with Gasteiger partial charge in [0.1, 0.15) is 0 Å². The maximum absolute atomic E-state index is 11.9. The number of benzene rings is 1. The second kappa shape index (κ2) is 6.26. The van der Waals surface area contributed by atoms with Crippen molar-refractivity contribution in [2.45, 2.75) is 26.0 Å². The van der Waals surface area contributed by atoms with Crippen molar-refractivity contribution in [3.8, 4) is 0 Å². The predicted octanol–water partition coefficient (Wildman–Crippen LogP) is 3.22. The van der Waals surface area contributed by atoms with Crippen LogP contribution in [0, 0.1) is 5.92 Å².